The lowest BCUT2D eigenvalue weighted by molar-refractivity contribution is 0.102. The number of amides is 1. The van der Waals surface area contributed by atoms with E-state index in [1.165, 1.54) is 12.1 Å². The van der Waals surface area contributed by atoms with Crippen molar-refractivity contribution < 1.29 is 9.18 Å². The van der Waals surface area contributed by atoms with Gasteiger partial charge in [0.25, 0.3) is 5.91 Å². The second-order valence-electron chi connectivity index (χ2n) is 4.24. The fourth-order valence-electron chi connectivity index (χ4n) is 1.72. The van der Waals surface area contributed by atoms with Gasteiger partial charge in [0, 0.05) is 4.47 Å². The van der Waals surface area contributed by atoms with Crippen LogP contribution in [0.5, 0.6) is 0 Å². The molecule has 0 bridgehead atoms. The van der Waals surface area contributed by atoms with Gasteiger partial charge in [-0.15, -0.1) is 0 Å². The highest BCUT2D eigenvalue weighted by atomic mass is 79.9. The molecule has 20 heavy (non-hydrogen) atoms. The molecule has 0 spiro atoms. The summed E-state index contributed by atoms with van der Waals surface area (Å²) in [5.74, 6) is -1.17. The number of carbonyl (C=O) groups is 1. The summed E-state index contributed by atoms with van der Waals surface area (Å²) in [7, 11) is 0. The van der Waals surface area contributed by atoms with Crippen LogP contribution >= 0.6 is 15.9 Å². The number of halogens is 2. The number of carbonyl (C=O) groups excluding carboxylic acids is 1. The Morgan fingerprint density at radius 1 is 1.30 bits per heavy atom. The first kappa shape index (κ1) is 14.2. The van der Waals surface area contributed by atoms with Crippen molar-refractivity contribution in [2.45, 2.75) is 6.92 Å². The fraction of sp³-hybridized carbons (Fsp3) is 0.0667. The van der Waals surface area contributed by atoms with Crippen LogP contribution in [0.4, 0.5) is 10.1 Å². The molecule has 0 aliphatic heterocycles. The van der Waals surface area contributed by atoms with Crippen LogP contribution in [0.2, 0.25) is 0 Å². The van der Waals surface area contributed by atoms with Gasteiger partial charge >= 0.3 is 0 Å². The Kier molecular flexibility index (Phi) is 4.16. The number of hydrogen-bond acceptors (Lipinski definition) is 2. The lowest BCUT2D eigenvalue weighted by Crippen LogP contribution is -2.14. The average molecular weight is 333 g/mol. The SMILES string of the molecule is Cc1ccc(F)c(C(=O)Nc2ccc(Br)cc2C#N)c1. The van der Waals surface area contributed by atoms with Crippen molar-refractivity contribution in [3.8, 4) is 6.07 Å². The molecule has 1 N–H and O–H groups in total. The second-order valence-corrected chi connectivity index (χ2v) is 5.15. The smallest absolute Gasteiger partial charge is 0.258 e. The monoisotopic (exact) mass is 332 g/mol. The first-order valence-electron chi connectivity index (χ1n) is 5.78. The molecule has 0 unspecified atom stereocenters. The Labute approximate surface area is 124 Å². The summed E-state index contributed by atoms with van der Waals surface area (Å²) in [6.07, 6.45) is 0. The number of benzene rings is 2. The predicted octanol–water partition coefficient (Wildman–Crippen LogP) is 4.02. The number of rotatable bonds is 2. The van der Waals surface area contributed by atoms with Crippen molar-refractivity contribution in [2.24, 2.45) is 0 Å². The number of aryl methyl sites for hydroxylation is 1. The molecule has 0 aromatic heterocycles. The van der Waals surface area contributed by atoms with Crippen molar-refractivity contribution >= 4 is 27.5 Å². The molecule has 0 atom stereocenters. The summed E-state index contributed by atoms with van der Waals surface area (Å²) in [5, 5.41) is 11.6. The van der Waals surface area contributed by atoms with Crippen LogP contribution in [-0.4, -0.2) is 5.91 Å². The Hall–Kier alpha value is -2.19. The minimum absolute atomic E-state index is 0.0446. The topological polar surface area (TPSA) is 52.9 Å². The normalized spacial score (nSPS) is 9.90. The lowest BCUT2D eigenvalue weighted by Gasteiger charge is -2.08. The summed E-state index contributed by atoms with van der Waals surface area (Å²) in [6.45, 7) is 1.77. The molecule has 0 radical (unpaired) electrons. The summed E-state index contributed by atoms with van der Waals surface area (Å²) < 4.78 is 14.4. The Morgan fingerprint density at radius 3 is 2.75 bits per heavy atom. The first-order chi connectivity index (χ1) is 9.51. The van der Waals surface area contributed by atoms with Gasteiger partial charge in [0.05, 0.1) is 16.8 Å². The lowest BCUT2D eigenvalue weighted by atomic mass is 10.1. The average Bonchev–Trinajstić information content (AvgIpc) is 2.43. The third-order valence-corrected chi connectivity index (χ3v) is 3.21. The molecule has 0 aliphatic carbocycles. The van der Waals surface area contributed by atoms with E-state index in [4.69, 9.17) is 5.26 Å². The fourth-order valence-corrected chi connectivity index (χ4v) is 2.08. The van der Waals surface area contributed by atoms with Crippen molar-refractivity contribution in [1.82, 2.24) is 0 Å². The van der Waals surface area contributed by atoms with Gasteiger partial charge < -0.3 is 5.32 Å². The maximum atomic E-state index is 13.6. The maximum absolute atomic E-state index is 13.6. The van der Waals surface area contributed by atoms with Gasteiger partial charge in [-0.25, -0.2) is 4.39 Å². The Morgan fingerprint density at radius 2 is 2.05 bits per heavy atom. The summed E-state index contributed by atoms with van der Waals surface area (Å²) in [5.41, 5.74) is 1.40. The van der Waals surface area contributed by atoms with Crippen LogP contribution < -0.4 is 5.32 Å². The van der Waals surface area contributed by atoms with Gasteiger partial charge in [-0.2, -0.15) is 5.26 Å². The van der Waals surface area contributed by atoms with Crippen LogP contribution in [0.1, 0.15) is 21.5 Å². The van der Waals surface area contributed by atoms with E-state index in [1.807, 2.05) is 6.07 Å². The molecular weight excluding hydrogens is 323 g/mol. The number of nitrogens with one attached hydrogen (secondary N) is 1. The van der Waals surface area contributed by atoms with Gasteiger partial charge in [0.1, 0.15) is 11.9 Å². The highest BCUT2D eigenvalue weighted by Gasteiger charge is 2.14. The van der Waals surface area contributed by atoms with E-state index in [0.29, 0.717) is 11.3 Å². The zero-order chi connectivity index (χ0) is 14.7. The summed E-state index contributed by atoms with van der Waals surface area (Å²) >= 11 is 3.25. The van der Waals surface area contributed by atoms with Crippen molar-refractivity contribution in [3.05, 3.63) is 63.4 Å². The minimum atomic E-state index is -0.594. The quantitative estimate of drug-likeness (QED) is 0.902. The molecule has 0 fully saturated rings. The molecule has 0 aliphatic rings. The predicted molar refractivity (Wildman–Crippen MR) is 77.9 cm³/mol. The van der Waals surface area contributed by atoms with Gasteiger partial charge in [-0.3, -0.25) is 4.79 Å². The van der Waals surface area contributed by atoms with Crippen LogP contribution in [0, 0.1) is 24.1 Å². The van der Waals surface area contributed by atoms with Crippen LogP contribution in [0.25, 0.3) is 0 Å². The van der Waals surface area contributed by atoms with Crippen molar-refractivity contribution in [2.75, 3.05) is 5.32 Å². The Bertz CT molecular complexity index is 722. The highest BCUT2D eigenvalue weighted by molar-refractivity contribution is 9.10. The molecule has 3 nitrogen and oxygen atoms in total. The molecule has 0 saturated carbocycles. The van der Waals surface area contributed by atoms with Crippen LogP contribution in [-0.2, 0) is 0 Å². The van der Waals surface area contributed by atoms with E-state index in [9.17, 15) is 9.18 Å². The number of nitrogens with zero attached hydrogens (tertiary/aromatic N) is 1. The molecular formula is C15H10BrFN2O. The number of hydrogen-bond donors (Lipinski definition) is 1. The molecule has 2 aromatic rings. The number of nitriles is 1. The standard InChI is InChI=1S/C15H10BrFN2O/c1-9-2-4-13(17)12(6-9)15(20)19-14-5-3-11(16)7-10(14)8-18/h2-7H,1H3,(H,19,20). The van der Waals surface area contributed by atoms with Gasteiger partial charge in [0.2, 0.25) is 0 Å². The van der Waals surface area contributed by atoms with Gasteiger partial charge in [-0.05, 0) is 37.3 Å². The zero-order valence-electron chi connectivity index (χ0n) is 10.6. The molecule has 0 saturated heterocycles. The highest BCUT2D eigenvalue weighted by Crippen LogP contribution is 2.21. The van der Waals surface area contributed by atoms with E-state index in [1.54, 1.807) is 31.2 Å². The molecule has 2 rings (SSSR count). The number of anilines is 1. The minimum Gasteiger partial charge on any atom is -0.321 e. The van der Waals surface area contributed by atoms with E-state index < -0.39 is 11.7 Å². The zero-order valence-corrected chi connectivity index (χ0v) is 12.2. The van der Waals surface area contributed by atoms with E-state index in [-0.39, 0.29) is 5.56 Å². The summed E-state index contributed by atoms with van der Waals surface area (Å²) in [6, 6.07) is 11.2. The third-order valence-electron chi connectivity index (χ3n) is 2.72. The van der Waals surface area contributed by atoms with Gasteiger partial charge in [-0.1, -0.05) is 27.6 Å². The largest absolute Gasteiger partial charge is 0.321 e. The van der Waals surface area contributed by atoms with E-state index in [0.717, 1.165) is 10.0 Å². The van der Waals surface area contributed by atoms with Crippen LogP contribution in [0.3, 0.4) is 0 Å². The van der Waals surface area contributed by atoms with E-state index >= 15 is 0 Å². The van der Waals surface area contributed by atoms with Crippen molar-refractivity contribution in [3.63, 3.8) is 0 Å². The molecule has 2 aromatic carbocycles. The maximum Gasteiger partial charge on any atom is 0.258 e. The molecule has 100 valence electrons. The molecule has 5 heteroatoms. The van der Waals surface area contributed by atoms with Crippen LogP contribution in [0.15, 0.2) is 40.9 Å². The second kappa shape index (κ2) is 5.85. The Balaban J connectivity index is 2.33. The first-order valence-corrected chi connectivity index (χ1v) is 6.57. The molecule has 0 heterocycles. The van der Waals surface area contributed by atoms with Gasteiger partial charge in [0.15, 0.2) is 0 Å². The molecule has 1 amide bonds. The van der Waals surface area contributed by atoms with Crippen molar-refractivity contribution in [1.29, 1.82) is 5.26 Å². The third kappa shape index (κ3) is 3.03. The van der Waals surface area contributed by atoms with E-state index in [2.05, 4.69) is 21.2 Å². The summed E-state index contributed by atoms with van der Waals surface area (Å²) in [4.78, 5) is 12.1.